The van der Waals surface area contributed by atoms with Crippen LogP contribution in [0.15, 0.2) is 22.2 Å². The first-order valence-corrected chi connectivity index (χ1v) is 16.2. The Morgan fingerprint density at radius 1 is 0.830 bits per heavy atom. The van der Waals surface area contributed by atoms with Crippen LogP contribution in [0.25, 0.3) is 22.3 Å². The average molecular weight is 708 g/mol. The molecule has 0 aromatic carbocycles. The molecule has 12 N–H and O–H groups in total. The number of hydrogen-bond acceptors (Lipinski definition) is 18. The Balaban J connectivity index is 1.20. The van der Waals surface area contributed by atoms with Crippen molar-refractivity contribution in [1.29, 1.82) is 0 Å². The van der Waals surface area contributed by atoms with Gasteiger partial charge < -0.3 is 50.9 Å². The molecule has 0 radical (unpaired) electrons. The molecule has 2 fully saturated rings. The number of nitrogens with one attached hydrogen (secondary N) is 2. The first kappa shape index (κ1) is 33.2. The number of aliphatic hydroxyl groups excluding tert-OH is 3. The third-order valence-electron chi connectivity index (χ3n) is 7.16. The molecule has 2 aliphatic heterocycles. The van der Waals surface area contributed by atoms with Crippen LogP contribution in [-0.2, 0) is 32.2 Å². The third kappa shape index (κ3) is 6.32. The molecule has 27 heteroatoms. The minimum Gasteiger partial charge on any atom is -0.394 e. The summed E-state index contributed by atoms with van der Waals surface area (Å²) in [6.07, 6.45) is -11.4. The van der Waals surface area contributed by atoms with Crippen LogP contribution < -0.4 is 22.6 Å². The van der Waals surface area contributed by atoms with E-state index in [1.165, 1.54) is 0 Å². The summed E-state index contributed by atoms with van der Waals surface area (Å²) in [6, 6.07) is 0. The van der Waals surface area contributed by atoms with Crippen LogP contribution in [0.4, 0.5) is 11.9 Å². The maximum Gasteiger partial charge on any atom is 0.472 e. The number of nitrogen functional groups attached to an aromatic ring is 2. The van der Waals surface area contributed by atoms with Gasteiger partial charge in [-0.2, -0.15) is 9.97 Å². The number of nitrogens with two attached hydrogens (primary N) is 2. The number of aliphatic hydroxyl groups is 3. The molecule has 9 atom stereocenters. The lowest BCUT2D eigenvalue weighted by atomic mass is 10.1. The summed E-state index contributed by atoms with van der Waals surface area (Å²) >= 11 is 0. The molecule has 2 aliphatic rings. The van der Waals surface area contributed by atoms with Crippen LogP contribution in [0.2, 0.25) is 0 Å². The molecule has 0 bridgehead atoms. The molecule has 6 rings (SSSR count). The van der Waals surface area contributed by atoms with Crippen molar-refractivity contribution in [3.63, 3.8) is 0 Å². The van der Waals surface area contributed by atoms with Crippen molar-refractivity contribution in [2.45, 2.75) is 49.1 Å². The van der Waals surface area contributed by atoms with E-state index in [0.717, 1.165) is 21.8 Å². The fourth-order valence-corrected chi connectivity index (χ4v) is 6.75. The molecule has 0 amide bonds. The van der Waals surface area contributed by atoms with Gasteiger partial charge in [0.25, 0.3) is 11.1 Å². The highest BCUT2D eigenvalue weighted by Gasteiger charge is 2.52. The number of anilines is 2. The van der Waals surface area contributed by atoms with Crippen molar-refractivity contribution in [3.05, 3.63) is 33.4 Å². The number of aromatic amines is 2. The van der Waals surface area contributed by atoms with Crippen molar-refractivity contribution < 1.29 is 62.2 Å². The maximum absolute atomic E-state index is 13.0. The minimum absolute atomic E-state index is 0.119. The second-order valence-electron chi connectivity index (χ2n) is 10.2. The van der Waals surface area contributed by atoms with Crippen LogP contribution in [0.1, 0.15) is 12.5 Å². The molecule has 0 saturated carbocycles. The molecule has 1 unspecified atom stereocenters. The first-order valence-electron chi connectivity index (χ1n) is 13.2. The second-order valence-corrected chi connectivity index (χ2v) is 12.8. The zero-order valence-electron chi connectivity index (χ0n) is 23.3. The minimum atomic E-state index is -5.31. The van der Waals surface area contributed by atoms with E-state index in [1.807, 2.05) is 0 Å². The van der Waals surface area contributed by atoms with Crippen LogP contribution in [0.5, 0.6) is 0 Å². The Hall–Kier alpha value is -3.68. The van der Waals surface area contributed by atoms with Gasteiger partial charge in [0.1, 0.15) is 36.6 Å². The normalized spacial score (nSPS) is 29.6. The van der Waals surface area contributed by atoms with Crippen molar-refractivity contribution >= 4 is 49.9 Å². The number of imidazole rings is 2. The van der Waals surface area contributed by atoms with Gasteiger partial charge in [0, 0.05) is 0 Å². The molecular weight excluding hydrogens is 682 g/mol. The van der Waals surface area contributed by atoms with E-state index in [2.05, 4.69) is 34.4 Å². The Morgan fingerprint density at radius 3 is 1.77 bits per heavy atom. The molecular formula is C20H26N10O15P2. The molecule has 4 aromatic heterocycles. The molecule has 2 saturated heterocycles. The topological polar surface area (TPSA) is 381 Å². The fraction of sp³-hybridized carbons (Fsp3) is 0.500. The largest absolute Gasteiger partial charge is 0.472 e. The fourth-order valence-electron chi connectivity index (χ4n) is 5.21. The van der Waals surface area contributed by atoms with Gasteiger partial charge in [-0.3, -0.25) is 42.3 Å². The van der Waals surface area contributed by atoms with Gasteiger partial charge in [0.2, 0.25) is 11.9 Å². The number of nitrogens with zero attached hydrogens (tertiary/aromatic N) is 6. The highest BCUT2D eigenvalue weighted by atomic mass is 31.2. The van der Waals surface area contributed by atoms with E-state index in [0.29, 0.717) is 0 Å². The zero-order chi connectivity index (χ0) is 34.0. The monoisotopic (exact) mass is 708 g/mol. The summed E-state index contributed by atoms with van der Waals surface area (Å²) in [6.45, 7) is -1.84. The van der Waals surface area contributed by atoms with Crippen molar-refractivity contribution in [2.75, 3.05) is 24.7 Å². The standard InChI is InChI=1S/C20H26N10O15P2/c21-19-25-13-7(15(34)27-19)23-3-29(13)17-9(32)11(5(1-31)42-17)45-47(39,40)41-2-6-12(44-46(36,37)38)10(33)18(43-6)30-4-24-8-14(30)26-20(22)28-16(8)35/h3-6,9-12,17-18,31-33H,1-2H2,(H,39,40)(H2,36,37,38)(H3,21,25,27,34)(H3,22,26,28,35)/t5-,6-,9-,10-,11-,12-,17-,18-/m1/s1. The number of rotatable bonds is 10. The molecule has 0 aliphatic carbocycles. The van der Waals surface area contributed by atoms with Crippen LogP contribution in [-0.4, -0.2) is 119 Å². The highest BCUT2D eigenvalue weighted by molar-refractivity contribution is 7.47. The number of phosphoric acid groups is 2. The Bertz CT molecular complexity index is 2030. The number of hydrogen-bond donors (Lipinski definition) is 10. The van der Waals surface area contributed by atoms with E-state index in [4.69, 9.17) is 30.0 Å². The lowest BCUT2D eigenvalue weighted by Crippen LogP contribution is -2.37. The Labute approximate surface area is 258 Å². The van der Waals surface area contributed by atoms with E-state index in [9.17, 15) is 48.7 Å². The number of ether oxygens (including phenoxy) is 2. The Morgan fingerprint density at radius 2 is 1.30 bits per heavy atom. The molecule has 6 heterocycles. The third-order valence-corrected chi connectivity index (χ3v) is 8.67. The van der Waals surface area contributed by atoms with Crippen molar-refractivity contribution in [3.8, 4) is 0 Å². The molecule has 25 nitrogen and oxygen atoms in total. The first-order chi connectivity index (χ1) is 22.1. The summed E-state index contributed by atoms with van der Waals surface area (Å²) in [4.78, 5) is 73.8. The average Bonchev–Trinajstić information content (AvgIpc) is 3.72. The smallest absolute Gasteiger partial charge is 0.394 e. The van der Waals surface area contributed by atoms with Gasteiger partial charge in [0.15, 0.2) is 34.8 Å². The molecule has 47 heavy (non-hydrogen) atoms. The lowest BCUT2D eigenvalue weighted by Gasteiger charge is -2.24. The number of H-pyrrole nitrogens is 2. The van der Waals surface area contributed by atoms with Crippen LogP contribution in [0.3, 0.4) is 0 Å². The quantitative estimate of drug-likeness (QED) is 0.0700. The van der Waals surface area contributed by atoms with Crippen LogP contribution in [0, 0.1) is 0 Å². The second kappa shape index (κ2) is 12.1. The van der Waals surface area contributed by atoms with Gasteiger partial charge >= 0.3 is 15.6 Å². The van der Waals surface area contributed by atoms with Gasteiger partial charge in [0.05, 0.1) is 25.9 Å². The highest BCUT2D eigenvalue weighted by Crippen LogP contribution is 2.50. The predicted octanol–water partition coefficient (Wildman–Crippen LogP) is -4.09. The number of aromatic nitrogens is 8. The summed E-state index contributed by atoms with van der Waals surface area (Å²) in [5.74, 6) is -0.607. The van der Waals surface area contributed by atoms with Gasteiger partial charge in [-0.1, -0.05) is 0 Å². The summed E-state index contributed by atoms with van der Waals surface area (Å²) in [7, 11) is -10.6. The van der Waals surface area contributed by atoms with E-state index in [-0.39, 0.29) is 34.2 Å². The van der Waals surface area contributed by atoms with Crippen molar-refractivity contribution in [2.24, 2.45) is 0 Å². The number of fused-ring (bicyclic) bond motifs is 2. The van der Waals surface area contributed by atoms with E-state index < -0.39 is 89.1 Å². The SMILES string of the molecule is Nc1nc2c(ncn2[C@@H]2O[C@H](COP(=O)(O)O[C@H]3[C@@H](O)[C@H](n4cnc5c(=O)[nH]c(N)nc54)O[C@@H]3CO)[C@@H](OP(=O)(O)O)[C@H]2O)c(=O)[nH]1. The Kier molecular flexibility index (Phi) is 8.54. The zero-order valence-corrected chi connectivity index (χ0v) is 25.1. The van der Waals surface area contributed by atoms with Gasteiger partial charge in [-0.25, -0.2) is 19.1 Å². The lowest BCUT2D eigenvalue weighted by molar-refractivity contribution is -0.0583. The molecule has 4 aromatic rings. The van der Waals surface area contributed by atoms with E-state index >= 15 is 0 Å². The van der Waals surface area contributed by atoms with E-state index in [1.54, 1.807) is 0 Å². The maximum atomic E-state index is 13.0. The summed E-state index contributed by atoms with van der Waals surface area (Å²) in [5.41, 5.74) is 9.05. The van der Waals surface area contributed by atoms with Gasteiger partial charge in [-0.15, -0.1) is 0 Å². The summed E-state index contributed by atoms with van der Waals surface area (Å²) in [5, 5.41) is 31.7. The summed E-state index contributed by atoms with van der Waals surface area (Å²) < 4.78 is 52.9. The molecule has 256 valence electrons. The van der Waals surface area contributed by atoms with Crippen LogP contribution >= 0.6 is 15.6 Å². The van der Waals surface area contributed by atoms with Gasteiger partial charge in [-0.05, 0) is 0 Å². The predicted molar refractivity (Wildman–Crippen MR) is 150 cm³/mol. The number of phosphoric ester groups is 2. The van der Waals surface area contributed by atoms with Crippen molar-refractivity contribution in [1.82, 2.24) is 39.0 Å². The molecule has 0 spiro atoms.